The van der Waals surface area contributed by atoms with E-state index in [1.165, 1.54) is 11.8 Å². The number of nitrogens with one attached hydrogen (secondary N) is 2. The summed E-state index contributed by atoms with van der Waals surface area (Å²) in [5, 5.41) is 4.98. The summed E-state index contributed by atoms with van der Waals surface area (Å²) in [6.07, 6.45) is 0.279. The van der Waals surface area contributed by atoms with Crippen LogP contribution in [0.25, 0.3) is 0 Å². The van der Waals surface area contributed by atoms with Crippen molar-refractivity contribution in [2.45, 2.75) is 25.8 Å². The zero-order valence-electron chi connectivity index (χ0n) is 15.9. The topological polar surface area (TPSA) is 113 Å². The summed E-state index contributed by atoms with van der Waals surface area (Å²) in [5.41, 5.74) is -0.293. The number of halogens is 2. The second-order valence-corrected chi connectivity index (χ2v) is 9.05. The van der Waals surface area contributed by atoms with E-state index in [9.17, 15) is 31.6 Å². The normalized spacial score (nSPS) is 16.7. The molecule has 0 aliphatic carbocycles. The highest BCUT2D eigenvalue weighted by atomic mass is 32.2. The van der Waals surface area contributed by atoms with Crippen LogP contribution in [0.4, 0.5) is 8.78 Å². The van der Waals surface area contributed by atoms with Crippen molar-refractivity contribution in [1.82, 2.24) is 15.5 Å². The summed E-state index contributed by atoms with van der Waals surface area (Å²) in [6.45, 7) is 1.82. The summed E-state index contributed by atoms with van der Waals surface area (Å²) < 4.78 is 49.2. The summed E-state index contributed by atoms with van der Waals surface area (Å²) in [7, 11) is -3.10. The van der Waals surface area contributed by atoms with E-state index in [2.05, 4.69) is 10.6 Å². The van der Waals surface area contributed by atoms with Gasteiger partial charge in [-0.3, -0.25) is 14.4 Å². The SMILES string of the molecule is CC(NC(=O)CCCNC(=O)c1ccc(F)cc1F)C(=O)N1CCS(=O)(=O)CC1. The molecule has 1 saturated heterocycles. The number of amides is 3. The van der Waals surface area contributed by atoms with Gasteiger partial charge in [0, 0.05) is 32.1 Å². The highest BCUT2D eigenvalue weighted by Crippen LogP contribution is 2.09. The average molecular weight is 431 g/mol. The smallest absolute Gasteiger partial charge is 0.254 e. The lowest BCUT2D eigenvalue weighted by molar-refractivity contribution is -0.135. The zero-order valence-corrected chi connectivity index (χ0v) is 16.7. The van der Waals surface area contributed by atoms with Crippen LogP contribution in [-0.2, 0) is 19.4 Å². The molecule has 3 amide bonds. The first-order chi connectivity index (χ1) is 13.6. The highest BCUT2D eigenvalue weighted by Gasteiger charge is 2.28. The van der Waals surface area contributed by atoms with Crippen molar-refractivity contribution in [3.8, 4) is 0 Å². The quantitative estimate of drug-likeness (QED) is 0.601. The summed E-state index contributed by atoms with van der Waals surface area (Å²) >= 11 is 0. The van der Waals surface area contributed by atoms with Crippen molar-refractivity contribution in [1.29, 1.82) is 0 Å². The Bertz CT molecular complexity index is 877. The predicted molar refractivity (Wildman–Crippen MR) is 101 cm³/mol. The Labute approximate surface area is 167 Å². The molecule has 29 heavy (non-hydrogen) atoms. The fourth-order valence-corrected chi connectivity index (χ4v) is 4.00. The lowest BCUT2D eigenvalue weighted by Crippen LogP contribution is -2.51. The number of benzene rings is 1. The lowest BCUT2D eigenvalue weighted by Gasteiger charge is -2.29. The van der Waals surface area contributed by atoms with Crippen LogP contribution in [0.2, 0.25) is 0 Å². The number of nitrogens with zero attached hydrogens (tertiary/aromatic N) is 1. The van der Waals surface area contributed by atoms with E-state index in [1.54, 1.807) is 0 Å². The van der Waals surface area contributed by atoms with Gasteiger partial charge >= 0.3 is 0 Å². The number of carbonyl (C=O) groups is 3. The van der Waals surface area contributed by atoms with E-state index < -0.39 is 39.3 Å². The molecule has 1 aliphatic rings. The molecule has 2 N–H and O–H groups in total. The third-order valence-electron chi connectivity index (χ3n) is 4.45. The fourth-order valence-electron chi connectivity index (χ4n) is 2.80. The molecule has 0 saturated carbocycles. The van der Waals surface area contributed by atoms with E-state index in [4.69, 9.17) is 0 Å². The Kier molecular flexibility index (Phi) is 7.66. The van der Waals surface area contributed by atoms with Crippen LogP contribution in [0.1, 0.15) is 30.1 Å². The zero-order chi connectivity index (χ0) is 21.6. The molecule has 0 bridgehead atoms. The first-order valence-electron chi connectivity index (χ1n) is 9.11. The molecule has 160 valence electrons. The van der Waals surface area contributed by atoms with Gasteiger partial charge in [-0.25, -0.2) is 17.2 Å². The molecule has 1 aromatic carbocycles. The van der Waals surface area contributed by atoms with Gasteiger partial charge < -0.3 is 15.5 Å². The fraction of sp³-hybridized carbons (Fsp3) is 0.500. The van der Waals surface area contributed by atoms with Crippen molar-refractivity contribution in [2.75, 3.05) is 31.1 Å². The Balaban J connectivity index is 1.70. The second kappa shape index (κ2) is 9.77. The third-order valence-corrected chi connectivity index (χ3v) is 6.06. The van der Waals surface area contributed by atoms with Crippen molar-refractivity contribution >= 4 is 27.6 Å². The molecule has 1 aromatic rings. The van der Waals surface area contributed by atoms with E-state index in [-0.39, 0.29) is 55.5 Å². The van der Waals surface area contributed by atoms with Gasteiger partial charge in [0.15, 0.2) is 9.84 Å². The van der Waals surface area contributed by atoms with E-state index in [0.29, 0.717) is 6.07 Å². The van der Waals surface area contributed by atoms with Crippen molar-refractivity contribution in [3.05, 3.63) is 35.4 Å². The van der Waals surface area contributed by atoms with Crippen molar-refractivity contribution < 1.29 is 31.6 Å². The van der Waals surface area contributed by atoms with Crippen LogP contribution >= 0.6 is 0 Å². The number of hydrogen-bond acceptors (Lipinski definition) is 5. The Morgan fingerprint density at radius 2 is 1.83 bits per heavy atom. The molecule has 0 aromatic heterocycles. The van der Waals surface area contributed by atoms with Crippen LogP contribution in [0.3, 0.4) is 0 Å². The Morgan fingerprint density at radius 3 is 2.45 bits per heavy atom. The van der Waals surface area contributed by atoms with Gasteiger partial charge in [0.2, 0.25) is 11.8 Å². The maximum absolute atomic E-state index is 13.5. The van der Waals surface area contributed by atoms with Gasteiger partial charge in [-0.2, -0.15) is 0 Å². The van der Waals surface area contributed by atoms with Gasteiger partial charge in [-0.1, -0.05) is 0 Å². The average Bonchev–Trinajstić information content (AvgIpc) is 2.64. The van der Waals surface area contributed by atoms with Crippen LogP contribution in [-0.4, -0.2) is 68.2 Å². The van der Waals surface area contributed by atoms with E-state index >= 15 is 0 Å². The third kappa shape index (κ3) is 6.77. The molecule has 1 fully saturated rings. The predicted octanol–water partition coefficient (Wildman–Crippen LogP) is 0.237. The Morgan fingerprint density at radius 1 is 1.17 bits per heavy atom. The van der Waals surface area contributed by atoms with Crippen molar-refractivity contribution in [2.24, 2.45) is 0 Å². The molecule has 1 heterocycles. The molecule has 1 aliphatic heterocycles. The number of sulfone groups is 1. The van der Waals surface area contributed by atoms with E-state index in [1.807, 2.05) is 0 Å². The molecular formula is C18H23F2N3O5S. The lowest BCUT2D eigenvalue weighted by atomic mass is 10.2. The standard InChI is InChI=1S/C18H23F2N3O5S/c1-12(18(26)23-7-9-29(27,28)10-8-23)22-16(24)3-2-6-21-17(25)14-5-4-13(19)11-15(14)20/h4-5,11-12H,2-3,6-10H2,1H3,(H,21,25)(H,22,24). The molecule has 1 unspecified atom stereocenters. The van der Waals surface area contributed by atoms with Gasteiger partial charge in [-0.05, 0) is 25.5 Å². The van der Waals surface area contributed by atoms with Gasteiger partial charge in [0.05, 0.1) is 17.1 Å². The number of rotatable bonds is 7. The molecule has 0 spiro atoms. The summed E-state index contributed by atoms with van der Waals surface area (Å²) in [6, 6.07) is 1.82. The molecule has 2 rings (SSSR count). The van der Waals surface area contributed by atoms with E-state index in [0.717, 1.165) is 12.1 Å². The number of carbonyl (C=O) groups excluding carboxylic acids is 3. The molecule has 8 nitrogen and oxygen atoms in total. The number of hydrogen-bond donors (Lipinski definition) is 2. The minimum absolute atomic E-state index is 0.0260. The molecule has 11 heteroatoms. The maximum atomic E-state index is 13.5. The Hall–Kier alpha value is -2.56. The van der Waals surface area contributed by atoms with Crippen LogP contribution < -0.4 is 10.6 Å². The van der Waals surface area contributed by atoms with Crippen LogP contribution in [0.5, 0.6) is 0 Å². The highest BCUT2D eigenvalue weighted by molar-refractivity contribution is 7.91. The van der Waals surface area contributed by atoms with Crippen LogP contribution in [0.15, 0.2) is 18.2 Å². The summed E-state index contributed by atoms with van der Waals surface area (Å²) in [4.78, 5) is 37.5. The van der Waals surface area contributed by atoms with Gasteiger partial charge in [0.1, 0.15) is 17.7 Å². The minimum atomic E-state index is -3.10. The summed E-state index contributed by atoms with van der Waals surface area (Å²) in [5.74, 6) is -3.41. The largest absolute Gasteiger partial charge is 0.352 e. The second-order valence-electron chi connectivity index (χ2n) is 6.75. The first-order valence-corrected chi connectivity index (χ1v) is 10.9. The molecule has 1 atom stereocenters. The van der Waals surface area contributed by atoms with Crippen LogP contribution in [0, 0.1) is 11.6 Å². The molecule has 0 radical (unpaired) electrons. The molecular weight excluding hydrogens is 408 g/mol. The van der Waals surface area contributed by atoms with Gasteiger partial charge in [0.25, 0.3) is 5.91 Å². The van der Waals surface area contributed by atoms with Crippen molar-refractivity contribution in [3.63, 3.8) is 0 Å². The van der Waals surface area contributed by atoms with Gasteiger partial charge in [-0.15, -0.1) is 0 Å². The first kappa shape index (κ1) is 22.7. The monoisotopic (exact) mass is 431 g/mol. The maximum Gasteiger partial charge on any atom is 0.254 e. The minimum Gasteiger partial charge on any atom is -0.352 e.